The summed E-state index contributed by atoms with van der Waals surface area (Å²) in [7, 11) is 5.41. The standard InChI is InChI=1S/C17H20N4O2/c1-21(2)16-15(20-17(22)11-7-8-11)14(18-10-19-16)12-5-4-6-13(9-12)23-3/h4-6,9-11H,7-8H2,1-3H3,(H,20,22). The summed E-state index contributed by atoms with van der Waals surface area (Å²) in [5.74, 6) is 1.58. The summed E-state index contributed by atoms with van der Waals surface area (Å²) >= 11 is 0. The van der Waals surface area contributed by atoms with E-state index in [1.54, 1.807) is 7.11 Å². The molecule has 120 valence electrons. The maximum absolute atomic E-state index is 12.2. The van der Waals surface area contributed by atoms with Gasteiger partial charge in [0.2, 0.25) is 5.91 Å². The smallest absolute Gasteiger partial charge is 0.227 e. The van der Waals surface area contributed by atoms with E-state index in [0.29, 0.717) is 17.2 Å². The van der Waals surface area contributed by atoms with Crippen molar-refractivity contribution in [3.8, 4) is 17.0 Å². The Labute approximate surface area is 135 Å². The van der Waals surface area contributed by atoms with E-state index in [4.69, 9.17) is 4.74 Å². The van der Waals surface area contributed by atoms with Gasteiger partial charge in [0.15, 0.2) is 5.82 Å². The Morgan fingerprint density at radius 3 is 2.74 bits per heavy atom. The summed E-state index contributed by atoms with van der Waals surface area (Å²) in [5.41, 5.74) is 2.21. The lowest BCUT2D eigenvalue weighted by atomic mass is 10.1. The first-order valence-corrected chi connectivity index (χ1v) is 7.57. The average molecular weight is 312 g/mol. The Balaban J connectivity index is 2.07. The van der Waals surface area contributed by atoms with Crippen molar-refractivity contribution in [2.45, 2.75) is 12.8 Å². The number of aromatic nitrogens is 2. The molecule has 6 heteroatoms. The van der Waals surface area contributed by atoms with Gasteiger partial charge in [0.25, 0.3) is 0 Å². The van der Waals surface area contributed by atoms with Gasteiger partial charge < -0.3 is 15.0 Å². The van der Waals surface area contributed by atoms with Crippen molar-refractivity contribution in [2.24, 2.45) is 5.92 Å². The number of benzene rings is 1. The van der Waals surface area contributed by atoms with Crippen LogP contribution in [0.1, 0.15) is 12.8 Å². The lowest BCUT2D eigenvalue weighted by Crippen LogP contribution is -2.20. The number of anilines is 2. The summed E-state index contributed by atoms with van der Waals surface area (Å²) in [6.45, 7) is 0. The highest BCUT2D eigenvalue weighted by Gasteiger charge is 2.31. The molecular formula is C17H20N4O2. The van der Waals surface area contributed by atoms with Crippen LogP contribution in [0.3, 0.4) is 0 Å². The van der Waals surface area contributed by atoms with Gasteiger partial charge in [-0.3, -0.25) is 4.79 Å². The van der Waals surface area contributed by atoms with Crippen LogP contribution in [0, 0.1) is 5.92 Å². The van der Waals surface area contributed by atoms with Gasteiger partial charge in [-0.05, 0) is 25.0 Å². The third-order valence-corrected chi connectivity index (χ3v) is 3.79. The number of hydrogen-bond donors (Lipinski definition) is 1. The number of carbonyl (C=O) groups is 1. The summed E-state index contributed by atoms with van der Waals surface area (Å²) in [5, 5.41) is 3.01. The van der Waals surface area contributed by atoms with Gasteiger partial charge in [0.1, 0.15) is 17.8 Å². The molecule has 1 N–H and O–H groups in total. The molecule has 1 aliphatic rings. The van der Waals surface area contributed by atoms with E-state index in [-0.39, 0.29) is 11.8 Å². The van der Waals surface area contributed by atoms with E-state index in [1.807, 2.05) is 43.3 Å². The van der Waals surface area contributed by atoms with E-state index in [9.17, 15) is 4.79 Å². The number of hydrogen-bond acceptors (Lipinski definition) is 5. The first-order chi connectivity index (χ1) is 11.1. The van der Waals surface area contributed by atoms with Gasteiger partial charge in [-0.15, -0.1) is 0 Å². The van der Waals surface area contributed by atoms with Crippen molar-refractivity contribution in [3.05, 3.63) is 30.6 Å². The highest BCUT2D eigenvalue weighted by molar-refractivity contribution is 6.00. The van der Waals surface area contributed by atoms with Gasteiger partial charge in [-0.25, -0.2) is 9.97 Å². The fraction of sp³-hybridized carbons (Fsp3) is 0.353. The van der Waals surface area contributed by atoms with Gasteiger partial charge in [0.05, 0.1) is 12.8 Å². The number of nitrogens with one attached hydrogen (secondary N) is 1. The predicted molar refractivity (Wildman–Crippen MR) is 89.7 cm³/mol. The minimum absolute atomic E-state index is 0.0343. The number of rotatable bonds is 5. The van der Waals surface area contributed by atoms with Gasteiger partial charge >= 0.3 is 0 Å². The van der Waals surface area contributed by atoms with Crippen LogP contribution >= 0.6 is 0 Å². The quantitative estimate of drug-likeness (QED) is 0.919. The molecule has 1 saturated carbocycles. The molecule has 1 heterocycles. The van der Waals surface area contributed by atoms with Crippen molar-refractivity contribution >= 4 is 17.4 Å². The van der Waals surface area contributed by atoms with Crippen LogP contribution in [0.25, 0.3) is 11.3 Å². The molecule has 0 unspecified atom stereocenters. The summed E-state index contributed by atoms with van der Waals surface area (Å²) in [4.78, 5) is 22.8. The third-order valence-electron chi connectivity index (χ3n) is 3.79. The zero-order chi connectivity index (χ0) is 16.4. The number of amides is 1. The Morgan fingerprint density at radius 2 is 2.09 bits per heavy atom. The van der Waals surface area contributed by atoms with Crippen LogP contribution in [0.4, 0.5) is 11.5 Å². The Bertz CT molecular complexity index is 726. The summed E-state index contributed by atoms with van der Waals surface area (Å²) < 4.78 is 5.28. The fourth-order valence-corrected chi connectivity index (χ4v) is 2.39. The highest BCUT2D eigenvalue weighted by atomic mass is 16.5. The molecule has 1 fully saturated rings. The van der Waals surface area contributed by atoms with Crippen LogP contribution < -0.4 is 15.0 Å². The topological polar surface area (TPSA) is 67.4 Å². The molecule has 0 radical (unpaired) electrons. The summed E-state index contributed by atoms with van der Waals surface area (Å²) in [6.07, 6.45) is 3.41. The maximum Gasteiger partial charge on any atom is 0.227 e. The predicted octanol–water partition coefficient (Wildman–Crippen LogP) is 2.57. The van der Waals surface area contributed by atoms with Crippen LogP contribution in [-0.2, 0) is 4.79 Å². The first kappa shape index (κ1) is 15.3. The molecule has 1 amide bonds. The van der Waals surface area contributed by atoms with Crippen LogP contribution in [0.5, 0.6) is 5.75 Å². The minimum Gasteiger partial charge on any atom is -0.497 e. The minimum atomic E-state index is 0.0343. The van der Waals surface area contributed by atoms with Crippen LogP contribution in [-0.4, -0.2) is 37.1 Å². The monoisotopic (exact) mass is 312 g/mol. The molecular weight excluding hydrogens is 292 g/mol. The number of nitrogens with zero attached hydrogens (tertiary/aromatic N) is 3. The van der Waals surface area contributed by atoms with E-state index in [0.717, 1.165) is 24.2 Å². The van der Waals surface area contributed by atoms with E-state index in [1.165, 1.54) is 6.33 Å². The van der Waals surface area contributed by atoms with Crippen molar-refractivity contribution in [1.82, 2.24) is 9.97 Å². The Hall–Kier alpha value is -2.63. The molecule has 6 nitrogen and oxygen atoms in total. The van der Waals surface area contributed by atoms with Crippen molar-refractivity contribution in [2.75, 3.05) is 31.4 Å². The van der Waals surface area contributed by atoms with Crippen molar-refractivity contribution < 1.29 is 9.53 Å². The third kappa shape index (κ3) is 3.26. The Kier molecular flexibility index (Phi) is 4.14. The molecule has 1 aliphatic carbocycles. The second kappa shape index (κ2) is 6.24. The molecule has 1 aromatic carbocycles. The average Bonchev–Trinajstić information content (AvgIpc) is 3.39. The van der Waals surface area contributed by atoms with Crippen molar-refractivity contribution in [3.63, 3.8) is 0 Å². The van der Waals surface area contributed by atoms with Crippen molar-refractivity contribution in [1.29, 1.82) is 0 Å². The molecule has 23 heavy (non-hydrogen) atoms. The molecule has 0 spiro atoms. The van der Waals surface area contributed by atoms with E-state index >= 15 is 0 Å². The molecule has 0 aliphatic heterocycles. The highest BCUT2D eigenvalue weighted by Crippen LogP contribution is 2.36. The van der Waals surface area contributed by atoms with Gasteiger partial charge in [-0.1, -0.05) is 12.1 Å². The van der Waals surface area contributed by atoms with Gasteiger partial charge in [-0.2, -0.15) is 0 Å². The zero-order valence-electron chi connectivity index (χ0n) is 13.5. The van der Waals surface area contributed by atoms with Crippen LogP contribution in [0.2, 0.25) is 0 Å². The fourth-order valence-electron chi connectivity index (χ4n) is 2.39. The van der Waals surface area contributed by atoms with Crippen LogP contribution in [0.15, 0.2) is 30.6 Å². The maximum atomic E-state index is 12.2. The van der Waals surface area contributed by atoms with E-state index in [2.05, 4.69) is 15.3 Å². The molecule has 0 atom stereocenters. The lowest BCUT2D eigenvalue weighted by Gasteiger charge is -2.19. The SMILES string of the molecule is COc1cccc(-c2ncnc(N(C)C)c2NC(=O)C2CC2)c1. The summed E-state index contributed by atoms with van der Waals surface area (Å²) in [6, 6.07) is 7.61. The molecule has 1 aromatic heterocycles. The lowest BCUT2D eigenvalue weighted by molar-refractivity contribution is -0.117. The first-order valence-electron chi connectivity index (χ1n) is 7.57. The second-order valence-electron chi connectivity index (χ2n) is 5.81. The molecule has 0 bridgehead atoms. The Morgan fingerprint density at radius 1 is 1.30 bits per heavy atom. The number of carbonyl (C=O) groups excluding carboxylic acids is 1. The second-order valence-corrected chi connectivity index (χ2v) is 5.81. The molecule has 3 rings (SSSR count). The normalized spacial score (nSPS) is 13.5. The number of methoxy groups -OCH3 is 1. The van der Waals surface area contributed by atoms with E-state index < -0.39 is 0 Å². The zero-order valence-corrected chi connectivity index (χ0v) is 13.5. The molecule has 0 saturated heterocycles. The van der Waals surface area contributed by atoms with Gasteiger partial charge in [0, 0.05) is 25.6 Å². The number of ether oxygens (including phenoxy) is 1. The largest absolute Gasteiger partial charge is 0.497 e. The molecule has 2 aromatic rings.